The highest BCUT2D eigenvalue weighted by Gasteiger charge is 2.15. The molecule has 3 rings (SSSR count). The topological polar surface area (TPSA) is 67.2 Å². The summed E-state index contributed by atoms with van der Waals surface area (Å²) in [4.78, 5) is 4.19. The number of hydrogen-bond donors (Lipinski definition) is 1. The maximum absolute atomic E-state index is 9.07. The number of aromatic nitrogens is 1. The highest BCUT2D eigenvalue weighted by molar-refractivity contribution is 5.51. The molecule has 5 heteroatoms. The predicted octanol–water partition coefficient (Wildman–Crippen LogP) is 3.12. The van der Waals surface area contributed by atoms with Gasteiger partial charge in [-0.3, -0.25) is 0 Å². The molecule has 0 bridgehead atoms. The number of anilines is 1. The van der Waals surface area contributed by atoms with Crippen molar-refractivity contribution in [2.45, 2.75) is 25.5 Å². The Labute approximate surface area is 135 Å². The predicted molar refractivity (Wildman–Crippen MR) is 87.2 cm³/mol. The summed E-state index contributed by atoms with van der Waals surface area (Å²) < 4.78 is 11.4. The van der Waals surface area contributed by atoms with Gasteiger partial charge in [0.25, 0.3) is 0 Å². The van der Waals surface area contributed by atoms with E-state index in [1.54, 1.807) is 18.3 Å². The number of hydrogen-bond acceptors (Lipinski definition) is 5. The van der Waals surface area contributed by atoms with Crippen LogP contribution in [-0.4, -0.2) is 24.3 Å². The summed E-state index contributed by atoms with van der Waals surface area (Å²) in [5.74, 6) is 1.43. The van der Waals surface area contributed by atoms with E-state index in [4.69, 9.17) is 14.7 Å². The minimum Gasteiger partial charge on any atom is -0.491 e. The molecule has 1 aliphatic rings. The van der Waals surface area contributed by atoms with Crippen molar-refractivity contribution >= 4 is 5.82 Å². The Morgan fingerprint density at radius 2 is 2.30 bits per heavy atom. The van der Waals surface area contributed by atoms with E-state index < -0.39 is 0 Å². The molecule has 2 aromatic rings. The minimum absolute atomic E-state index is 0.212. The fraction of sp³-hybridized carbons (Fsp3) is 0.333. The van der Waals surface area contributed by atoms with Crippen LogP contribution in [0, 0.1) is 11.3 Å². The molecule has 1 aliphatic heterocycles. The third-order valence-corrected chi connectivity index (χ3v) is 3.75. The average molecular weight is 309 g/mol. The lowest BCUT2D eigenvalue weighted by molar-refractivity contribution is 0.0679. The number of ether oxygens (including phenoxy) is 2. The fourth-order valence-corrected chi connectivity index (χ4v) is 2.53. The van der Waals surface area contributed by atoms with Crippen molar-refractivity contribution in [3.8, 4) is 11.8 Å². The van der Waals surface area contributed by atoms with E-state index in [2.05, 4.69) is 16.4 Å². The molecule has 1 fully saturated rings. The number of rotatable bonds is 6. The summed E-state index contributed by atoms with van der Waals surface area (Å²) in [6, 6.07) is 13.6. The van der Waals surface area contributed by atoms with E-state index in [9.17, 15) is 0 Å². The number of nitrogens with one attached hydrogen (secondary N) is 1. The van der Waals surface area contributed by atoms with Crippen molar-refractivity contribution in [1.82, 2.24) is 4.98 Å². The number of nitriles is 1. The quantitative estimate of drug-likeness (QED) is 0.888. The van der Waals surface area contributed by atoms with Gasteiger partial charge in [-0.05, 0) is 42.7 Å². The zero-order valence-corrected chi connectivity index (χ0v) is 12.9. The molecule has 1 atom stereocenters. The van der Waals surface area contributed by atoms with Crippen LogP contribution < -0.4 is 10.1 Å². The molecule has 5 nitrogen and oxygen atoms in total. The van der Waals surface area contributed by atoms with E-state index in [1.165, 1.54) is 0 Å². The Hall–Kier alpha value is -2.58. The molecule has 118 valence electrons. The summed E-state index contributed by atoms with van der Waals surface area (Å²) in [6.07, 6.45) is 4.06. The summed E-state index contributed by atoms with van der Waals surface area (Å²) in [6.45, 7) is 2.02. The van der Waals surface area contributed by atoms with Crippen molar-refractivity contribution in [1.29, 1.82) is 5.26 Å². The zero-order valence-electron chi connectivity index (χ0n) is 12.9. The van der Waals surface area contributed by atoms with Crippen molar-refractivity contribution in [2.75, 3.05) is 18.5 Å². The van der Waals surface area contributed by atoms with E-state index in [1.807, 2.05) is 24.3 Å². The maximum atomic E-state index is 9.07. The number of benzene rings is 1. The summed E-state index contributed by atoms with van der Waals surface area (Å²) in [5, 5.41) is 12.3. The Morgan fingerprint density at radius 1 is 1.35 bits per heavy atom. The third-order valence-electron chi connectivity index (χ3n) is 3.75. The smallest absolute Gasteiger partial charge is 0.144 e. The van der Waals surface area contributed by atoms with Crippen molar-refractivity contribution < 1.29 is 9.47 Å². The molecule has 0 spiro atoms. The van der Waals surface area contributed by atoms with Gasteiger partial charge in [-0.15, -0.1) is 0 Å². The lowest BCUT2D eigenvalue weighted by atomic mass is 10.2. The minimum atomic E-state index is 0.212. The Balaban J connectivity index is 1.58. The molecule has 0 aliphatic carbocycles. The highest BCUT2D eigenvalue weighted by Crippen LogP contribution is 2.18. The van der Waals surface area contributed by atoms with Crippen LogP contribution in [0.15, 0.2) is 42.6 Å². The second-order valence-electron chi connectivity index (χ2n) is 5.46. The van der Waals surface area contributed by atoms with E-state index in [0.717, 1.165) is 30.8 Å². The number of pyridine rings is 1. The van der Waals surface area contributed by atoms with Crippen LogP contribution in [0.1, 0.15) is 24.0 Å². The van der Waals surface area contributed by atoms with Gasteiger partial charge in [0.2, 0.25) is 0 Å². The first-order valence-electron chi connectivity index (χ1n) is 7.77. The van der Waals surface area contributed by atoms with Gasteiger partial charge >= 0.3 is 0 Å². The molecular weight excluding hydrogens is 290 g/mol. The normalized spacial score (nSPS) is 16.7. The maximum Gasteiger partial charge on any atom is 0.144 e. The van der Waals surface area contributed by atoms with Crippen LogP contribution in [0.5, 0.6) is 5.75 Å². The lowest BCUT2D eigenvalue weighted by Gasteiger charge is -2.12. The zero-order chi connectivity index (χ0) is 15.9. The molecule has 1 unspecified atom stereocenters. The van der Waals surface area contributed by atoms with Gasteiger partial charge in [0.15, 0.2) is 0 Å². The van der Waals surface area contributed by atoms with Crippen LogP contribution in [0.3, 0.4) is 0 Å². The van der Waals surface area contributed by atoms with Gasteiger partial charge in [-0.25, -0.2) is 4.98 Å². The summed E-state index contributed by atoms with van der Waals surface area (Å²) in [7, 11) is 0. The second kappa shape index (κ2) is 7.61. The summed E-state index contributed by atoms with van der Waals surface area (Å²) in [5.41, 5.74) is 1.61. The van der Waals surface area contributed by atoms with Crippen LogP contribution in [-0.2, 0) is 11.3 Å². The van der Waals surface area contributed by atoms with Crippen LogP contribution in [0.4, 0.5) is 5.82 Å². The van der Waals surface area contributed by atoms with Crippen molar-refractivity contribution in [2.24, 2.45) is 0 Å². The number of nitrogens with zero attached hydrogens (tertiary/aromatic N) is 2. The molecule has 0 amide bonds. The Morgan fingerprint density at radius 3 is 3.13 bits per heavy atom. The SMILES string of the molecule is N#Cc1cccnc1NCc1cccc(OCC2CCCO2)c1. The van der Waals surface area contributed by atoms with Gasteiger partial charge in [0.1, 0.15) is 24.2 Å². The molecule has 0 saturated carbocycles. The Bertz CT molecular complexity index is 691. The largest absolute Gasteiger partial charge is 0.491 e. The first kappa shape index (κ1) is 15.3. The molecule has 1 N–H and O–H groups in total. The third kappa shape index (κ3) is 4.21. The average Bonchev–Trinajstić information content (AvgIpc) is 3.12. The summed E-state index contributed by atoms with van der Waals surface area (Å²) >= 11 is 0. The van der Waals surface area contributed by atoms with Crippen molar-refractivity contribution in [3.05, 3.63) is 53.7 Å². The molecular formula is C18H19N3O2. The van der Waals surface area contributed by atoms with Gasteiger partial charge < -0.3 is 14.8 Å². The first-order valence-corrected chi connectivity index (χ1v) is 7.77. The molecule has 2 heterocycles. The second-order valence-corrected chi connectivity index (χ2v) is 5.46. The van der Waals surface area contributed by atoms with Crippen LogP contribution >= 0.6 is 0 Å². The van der Waals surface area contributed by atoms with Gasteiger partial charge in [0, 0.05) is 19.3 Å². The van der Waals surface area contributed by atoms with Crippen LogP contribution in [0.2, 0.25) is 0 Å². The molecule has 1 aromatic carbocycles. The standard InChI is InChI=1S/C18H19N3O2/c19-11-15-5-2-8-20-18(15)21-12-14-4-1-6-16(10-14)23-13-17-7-3-9-22-17/h1-2,4-6,8,10,17H,3,7,9,12-13H2,(H,20,21). The molecule has 23 heavy (non-hydrogen) atoms. The first-order chi connectivity index (χ1) is 11.3. The monoisotopic (exact) mass is 309 g/mol. The van der Waals surface area contributed by atoms with Gasteiger partial charge in [0.05, 0.1) is 11.7 Å². The van der Waals surface area contributed by atoms with Crippen molar-refractivity contribution in [3.63, 3.8) is 0 Å². The highest BCUT2D eigenvalue weighted by atomic mass is 16.5. The molecule has 0 radical (unpaired) electrons. The molecule has 1 saturated heterocycles. The van der Waals surface area contributed by atoms with E-state index in [-0.39, 0.29) is 6.10 Å². The van der Waals surface area contributed by atoms with Gasteiger partial charge in [-0.1, -0.05) is 12.1 Å². The van der Waals surface area contributed by atoms with Crippen LogP contribution in [0.25, 0.3) is 0 Å². The van der Waals surface area contributed by atoms with Gasteiger partial charge in [-0.2, -0.15) is 5.26 Å². The molecule has 1 aromatic heterocycles. The Kier molecular flexibility index (Phi) is 5.07. The fourth-order valence-electron chi connectivity index (χ4n) is 2.53. The van der Waals surface area contributed by atoms with E-state index >= 15 is 0 Å². The van der Waals surface area contributed by atoms with E-state index in [0.29, 0.717) is 24.5 Å². The lowest BCUT2D eigenvalue weighted by Crippen LogP contribution is -2.16.